The Balaban J connectivity index is 0.00000323. The summed E-state index contributed by atoms with van der Waals surface area (Å²) in [5.41, 5.74) is 8.01. The van der Waals surface area contributed by atoms with E-state index in [-0.39, 0.29) is 18.3 Å². The highest BCUT2D eigenvalue weighted by Gasteiger charge is 2.28. The van der Waals surface area contributed by atoms with E-state index < -0.39 is 0 Å². The van der Waals surface area contributed by atoms with E-state index in [0.29, 0.717) is 16.0 Å². The summed E-state index contributed by atoms with van der Waals surface area (Å²) in [6.45, 7) is 1.11. The van der Waals surface area contributed by atoms with Gasteiger partial charge >= 0.3 is 0 Å². The molecule has 1 fully saturated rings. The van der Waals surface area contributed by atoms with Crippen LogP contribution in [0.2, 0.25) is 10.0 Å². The number of fused-ring (bicyclic) bond motifs is 3. The number of halogens is 3. The summed E-state index contributed by atoms with van der Waals surface area (Å²) >= 11 is 12.6. The van der Waals surface area contributed by atoms with E-state index in [4.69, 9.17) is 28.2 Å². The molecular weight excluding hydrogens is 559 g/mol. The van der Waals surface area contributed by atoms with E-state index in [1.165, 1.54) is 43.2 Å². The van der Waals surface area contributed by atoms with Crippen LogP contribution < -0.4 is 5.32 Å². The Kier molecular flexibility index (Phi) is 9.32. The predicted octanol–water partition coefficient (Wildman–Crippen LogP) is 9.11. The molecule has 1 aromatic heterocycles. The number of likely N-dealkylation sites (N-methyl/N-ethyl adjacent to an activating group) is 1. The monoisotopic (exact) mass is 592 g/mol. The lowest BCUT2D eigenvalue weighted by molar-refractivity contribution is 0.194. The van der Waals surface area contributed by atoms with Gasteiger partial charge in [-0.1, -0.05) is 84.9 Å². The summed E-state index contributed by atoms with van der Waals surface area (Å²) in [7, 11) is 2.28. The maximum absolute atomic E-state index is 6.36. The standard InChI is InChI=1S/C33H34Cl2N4.ClH/c1-39(26-7-3-2-4-8-26)18-17-22-11-14-25(15-12-22)37-33-36-21-24-19-29(23-13-16-30(34)31(35)20-23)27-9-5-6-10-28(27)32(24)38-33;/h5-6,9-16,20-21,26,29H,2-4,7-8,17-19H2,1H3,(H,36,37,38);1H. The highest BCUT2D eigenvalue weighted by atomic mass is 35.5. The van der Waals surface area contributed by atoms with Crippen LogP contribution in [0, 0.1) is 0 Å². The van der Waals surface area contributed by atoms with E-state index in [0.717, 1.165) is 53.5 Å². The average Bonchev–Trinajstić information content (AvgIpc) is 2.98. The molecule has 3 aromatic carbocycles. The lowest BCUT2D eigenvalue weighted by atomic mass is 9.78. The van der Waals surface area contributed by atoms with Crippen LogP contribution in [0.1, 0.15) is 60.3 Å². The van der Waals surface area contributed by atoms with E-state index in [1.54, 1.807) is 0 Å². The first-order valence-electron chi connectivity index (χ1n) is 14.0. The van der Waals surface area contributed by atoms with Crippen molar-refractivity contribution in [2.45, 2.75) is 56.9 Å². The zero-order valence-electron chi connectivity index (χ0n) is 22.7. The summed E-state index contributed by atoms with van der Waals surface area (Å²) in [5.74, 6) is 0.789. The summed E-state index contributed by atoms with van der Waals surface area (Å²) in [4.78, 5) is 12.2. The maximum Gasteiger partial charge on any atom is 0.227 e. The van der Waals surface area contributed by atoms with Crippen LogP contribution in [0.3, 0.4) is 0 Å². The number of aromatic nitrogens is 2. The molecule has 2 aliphatic carbocycles. The van der Waals surface area contributed by atoms with Crippen molar-refractivity contribution in [1.82, 2.24) is 14.9 Å². The second kappa shape index (κ2) is 12.9. The van der Waals surface area contributed by atoms with Gasteiger partial charge < -0.3 is 10.2 Å². The van der Waals surface area contributed by atoms with Crippen LogP contribution >= 0.6 is 35.6 Å². The topological polar surface area (TPSA) is 41.0 Å². The fraction of sp³-hybridized carbons (Fsp3) is 0.333. The minimum absolute atomic E-state index is 0. The van der Waals surface area contributed by atoms with Gasteiger partial charge in [-0.2, -0.15) is 0 Å². The van der Waals surface area contributed by atoms with Crippen molar-refractivity contribution in [2.75, 3.05) is 18.9 Å². The SMILES string of the molecule is CN(CCc1ccc(Nc2ncc3c(n2)-c2ccccc2C(c2ccc(Cl)c(Cl)c2)C3)cc1)C1CCCCC1.Cl. The molecule has 1 heterocycles. The van der Waals surface area contributed by atoms with Crippen molar-refractivity contribution in [2.24, 2.45) is 0 Å². The Morgan fingerprint density at radius 2 is 1.70 bits per heavy atom. The number of rotatable bonds is 7. The minimum Gasteiger partial charge on any atom is -0.324 e. The van der Waals surface area contributed by atoms with Gasteiger partial charge in [0, 0.05) is 36.0 Å². The summed E-state index contributed by atoms with van der Waals surface area (Å²) in [6, 6.07) is 23.9. The van der Waals surface area contributed by atoms with Crippen LogP contribution in [0.15, 0.2) is 72.9 Å². The zero-order chi connectivity index (χ0) is 26.8. The third kappa shape index (κ3) is 6.31. The lowest BCUT2D eigenvalue weighted by Gasteiger charge is -2.31. The van der Waals surface area contributed by atoms with Crippen LogP contribution in [0.4, 0.5) is 11.6 Å². The Morgan fingerprint density at radius 1 is 0.925 bits per heavy atom. The van der Waals surface area contributed by atoms with E-state index in [1.807, 2.05) is 18.3 Å². The Bertz CT molecular complexity index is 1450. The molecule has 0 aliphatic heterocycles. The van der Waals surface area contributed by atoms with Gasteiger partial charge in [-0.3, -0.25) is 0 Å². The van der Waals surface area contributed by atoms with Crippen molar-refractivity contribution in [3.8, 4) is 11.3 Å². The van der Waals surface area contributed by atoms with Gasteiger partial charge in [-0.25, -0.2) is 9.97 Å². The molecule has 1 unspecified atom stereocenters. The van der Waals surface area contributed by atoms with Gasteiger partial charge in [0.05, 0.1) is 15.7 Å². The first-order chi connectivity index (χ1) is 19.0. The highest BCUT2D eigenvalue weighted by molar-refractivity contribution is 6.42. The van der Waals surface area contributed by atoms with Gasteiger partial charge in [-0.15, -0.1) is 12.4 Å². The summed E-state index contributed by atoms with van der Waals surface area (Å²) < 4.78 is 0. The molecule has 0 radical (unpaired) electrons. The third-order valence-electron chi connectivity index (χ3n) is 8.39. The number of hydrogen-bond donors (Lipinski definition) is 1. The molecule has 2 aliphatic rings. The van der Waals surface area contributed by atoms with Gasteiger partial charge in [0.2, 0.25) is 5.95 Å². The molecule has 6 rings (SSSR count). The third-order valence-corrected chi connectivity index (χ3v) is 9.13. The van der Waals surface area contributed by atoms with Crippen LogP contribution in [-0.2, 0) is 12.8 Å². The van der Waals surface area contributed by atoms with Gasteiger partial charge in [0.1, 0.15) is 0 Å². The molecular formula is C33H35Cl3N4. The molecule has 1 atom stereocenters. The number of hydrogen-bond acceptors (Lipinski definition) is 4. The van der Waals surface area contributed by atoms with Gasteiger partial charge in [0.25, 0.3) is 0 Å². The average molecular weight is 594 g/mol. The Hall–Kier alpha value is -2.63. The van der Waals surface area contributed by atoms with Crippen molar-refractivity contribution in [3.63, 3.8) is 0 Å². The maximum atomic E-state index is 6.36. The second-order valence-electron chi connectivity index (χ2n) is 10.9. The van der Waals surface area contributed by atoms with Crippen LogP contribution in [-0.4, -0.2) is 34.5 Å². The fourth-order valence-corrected chi connectivity index (χ4v) is 6.42. The first kappa shape index (κ1) is 28.9. The smallest absolute Gasteiger partial charge is 0.227 e. The molecule has 0 saturated heterocycles. The molecule has 4 aromatic rings. The Labute approximate surface area is 253 Å². The molecule has 208 valence electrons. The van der Waals surface area contributed by atoms with Gasteiger partial charge in [0.15, 0.2) is 0 Å². The fourth-order valence-electron chi connectivity index (χ4n) is 6.12. The normalized spacial score (nSPS) is 16.6. The lowest BCUT2D eigenvalue weighted by Crippen LogP contribution is -2.34. The predicted molar refractivity (Wildman–Crippen MR) is 170 cm³/mol. The molecule has 4 nitrogen and oxygen atoms in total. The van der Waals surface area contributed by atoms with Crippen molar-refractivity contribution < 1.29 is 0 Å². The van der Waals surface area contributed by atoms with Crippen molar-refractivity contribution in [3.05, 3.63) is 105 Å². The first-order valence-corrected chi connectivity index (χ1v) is 14.8. The van der Waals surface area contributed by atoms with Crippen molar-refractivity contribution in [1.29, 1.82) is 0 Å². The highest BCUT2D eigenvalue weighted by Crippen LogP contribution is 2.43. The molecule has 7 heteroatoms. The molecule has 0 bridgehead atoms. The summed E-state index contributed by atoms with van der Waals surface area (Å²) in [5, 5.41) is 4.57. The molecule has 1 N–H and O–H groups in total. The number of nitrogens with one attached hydrogen (secondary N) is 1. The van der Waals surface area contributed by atoms with E-state index in [9.17, 15) is 0 Å². The number of benzene rings is 3. The number of anilines is 2. The van der Waals surface area contributed by atoms with Gasteiger partial charge in [-0.05, 0) is 79.3 Å². The van der Waals surface area contributed by atoms with E-state index >= 15 is 0 Å². The molecule has 40 heavy (non-hydrogen) atoms. The van der Waals surface area contributed by atoms with Crippen molar-refractivity contribution >= 4 is 47.2 Å². The quantitative estimate of drug-likeness (QED) is 0.232. The molecule has 1 saturated carbocycles. The number of nitrogens with zero attached hydrogens (tertiary/aromatic N) is 3. The largest absolute Gasteiger partial charge is 0.324 e. The zero-order valence-corrected chi connectivity index (χ0v) is 25.1. The molecule has 0 spiro atoms. The van der Waals surface area contributed by atoms with E-state index in [2.05, 4.69) is 76.8 Å². The molecule has 0 amide bonds. The van der Waals surface area contributed by atoms with Crippen LogP contribution in [0.25, 0.3) is 11.3 Å². The summed E-state index contributed by atoms with van der Waals surface area (Å²) in [6.07, 6.45) is 10.7. The second-order valence-corrected chi connectivity index (χ2v) is 11.7. The minimum atomic E-state index is 0. The van der Waals surface area contributed by atoms with Crippen LogP contribution in [0.5, 0.6) is 0 Å². The Morgan fingerprint density at radius 3 is 2.48 bits per heavy atom.